The lowest BCUT2D eigenvalue weighted by atomic mass is 9.77. The van der Waals surface area contributed by atoms with E-state index in [9.17, 15) is 14.8 Å². The summed E-state index contributed by atoms with van der Waals surface area (Å²) in [7, 11) is 0. The lowest BCUT2D eigenvalue weighted by Crippen LogP contribution is -2.49. The normalized spacial score (nSPS) is 28.6. The Hall–Kier alpha value is -1.50. The van der Waals surface area contributed by atoms with Gasteiger partial charge in [-0.25, -0.2) is 0 Å². The predicted octanol–water partition coefficient (Wildman–Crippen LogP) is 1.63. The first-order valence-corrected chi connectivity index (χ1v) is 8.42. The molecule has 5 N–H and O–H groups in total. The maximum Gasteiger partial charge on any atom is 0.217 e. The molecule has 7 nitrogen and oxygen atoms in total. The van der Waals surface area contributed by atoms with Crippen LogP contribution in [0.4, 0.5) is 0 Å². The zero-order valence-electron chi connectivity index (χ0n) is 14.3. The summed E-state index contributed by atoms with van der Waals surface area (Å²) in [5.41, 5.74) is 5.57. The maximum atomic E-state index is 11.7. The number of nitrogens with one attached hydrogen (secondary N) is 2. The summed E-state index contributed by atoms with van der Waals surface area (Å²) >= 11 is 0. The Morgan fingerprint density at radius 3 is 2.43 bits per heavy atom. The average molecular weight is 326 g/mol. The predicted molar refractivity (Wildman–Crippen MR) is 90.0 cm³/mol. The van der Waals surface area contributed by atoms with Crippen molar-refractivity contribution >= 4 is 11.7 Å². The van der Waals surface area contributed by atoms with Gasteiger partial charge in [0.05, 0.1) is 18.5 Å². The van der Waals surface area contributed by atoms with Crippen LogP contribution in [-0.2, 0) is 4.79 Å². The van der Waals surface area contributed by atoms with Gasteiger partial charge < -0.3 is 16.2 Å². The molecule has 0 bridgehead atoms. The number of hydrogen-bond donors (Lipinski definition) is 4. The number of hydrogen-bond acceptors (Lipinski definition) is 5. The minimum absolute atomic E-state index is 0.0216. The molecule has 0 radical (unpaired) electrons. The second kappa shape index (κ2) is 8.96. The zero-order chi connectivity index (χ0) is 17.6. The molecule has 132 valence electrons. The summed E-state index contributed by atoms with van der Waals surface area (Å²) < 4.78 is 0. The van der Waals surface area contributed by atoms with Crippen LogP contribution >= 0.6 is 0 Å². The van der Waals surface area contributed by atoms with Crippen molar-refractivity contribution in [1.82, 2.24) is 5.32 Å². The van der Waals surface area contributed by atoms with E-state index in [0.29, 0.717) is 12.8 Å². The van der Waals surface area contributed by atoms with Crippen LogP contribution in [0.5, 0.6) is 0 Å². The lowest BCUT2D eigenvalue weighted by molar-refractivity contribution is -0.121. The summed E-state index contributed by atoms with van der Waals surface area (Å²) in [6, 6.07) is -0.182. The first-order chi connectivity index (χ1) is 10.8. The molecule has 5 unspecified atom stereocenters. The molecule has 0 aromatic rings. The van der Waals surface area contributed by atoms with Crippen LogP contribution in [0.2, 0.25) is 0 Å². The van der Waals surface area contributed by atoms with Gasteiger partial charge in [0.1, 0.15) is 0 Å². The fourth-order valence-corrected chi connectivity index (χ4v) is 4.12. The number of amidine groups is 1. The summed E-state index contributed by atoms with van der Waals surface area (Å²) in [6.07, 6.45) is 2.03. The Labute approximate surface area is 137 Å². The molecule has 0 aromatic carbocycles. The Balaban J connectivity index is 3.11. The number of nitrogens with two attached hydrogens (primary N) is 1. The highest BCUT2D eigenvalue weighted by Gasteiger charge is 2.47. The maximum absolute atomic E-state index is 11.7. The van der Waals surface area contributed by atoms with Crippen molar-refractivity contribution in [1.29, 1.82) is 5.41 Å². The van der Waals surface area contributed by atoms with E-state index in [0.717, 1.165) is 12.8 Å². The van der Waals surface area contributed by atoms with Crippen LogP contribution in [-0.4, -0.2) is 35.5 Å². The number of amides is 1. The molecule has 0 saturated heterocycles. The van der Waals surface area contributed by atoms with Gasteiger partial charge >= 0.3 is 0 Å². The number of nitrogens with zero attached hydrogens (tertiary/aromatic N) is 1. The molecule has 0 spiro atoms. The van der Waals surface area contributed by atoms with Gasteiger partial charge in [-0.05, 0) is 18.3 Å². The highest BCUT2D eigenvalue weighted by atomic mass is 16.3. The Morgan fingerprint density at radius 2 is 2.00 bits per heavy atom. The van der Waals surface area contributed by atoms with Gasteiger partial charge in [0, 0.05) is 31.2 Å². The molecule has 0 aliphatic heterocycles. The van der Waals surface area contributed by atoms with Gasteiger partial charge in [-0.2, -0.15) is 4.91 Å². The molecule has 1 aliphatic rings. The van der Waals surface area contributed by atoms with Crippen LogP contribution in [0.1, 0.15) is 46.5 Å². The lowest BCUT2D eigenvalue weighted by Gasteiger charge is -2.36. The number of carbonyl (C=O) groups is 1. The molecule has 1 aliphatic carbocycles. The topological polar surface area (TPSA) is 129 Å². The first-order valence-electron chi connectivity index (χ1n) is 8.42. The fraction of sp³-hybridized carbons (Fsp3) is 0.875. The van der Waals surface area contributed by atoms with Crippen LogP contribution in [0.25, 0.3) is 0 Å². The van der Waals surface area contributed by atoms with E-state index in [1.54, 1.807) is 0 Å². The van der Waals surface area contributed by atoms with Gasteiger partial charge in [-0.1, -0.05) is 31.9 Å². The SMILES string of the molecule is CCC(CC)C(NC(C)=O)C1C(CC(=N)N)CC(CN=O)C1O. The number of nitroso groups, excluding NO2 is 1. The van der Waals surface area contributed by atoms with Crippen molar-refractivity contribution in [3.05, 3.63) is 4.91 Å². The monoisotopic (exact) mass is 326 g/mol. The van der Waals surface area contributed by atoms with Crippen molar-refractivity contribution < 1.29 is 9.90 Å². The van der Waals surface area contributed by atoms with Crippen molar-refractivity contribution in [3.8, 4) is 0 Å². The van der Waals surface area contributed by atoms with E-state index < -0.39 is 6.10 Å². The van der Waals surface area contributed by atoms with Gasteiger partial charge in [0.15, 0.2) is 0 Å². The van der Waals surface area contributed by atoms with E-state index in [-0.39, 0.29) is 48.0 Å². The molecule has 7 heteroatoms. The minimum Gasteiger partial charge on any atom is -0.392 e. The minimum atomic E-state index is -0.713. The molecular formula is C16H30N4O3. The van der Waals surface area contributed by atoms with Gasteiger partial charge in [0.2, 0.25) is 5.91 Å². The van der Waals surface area contributed by atoms with Crippen LogP contribution in [0.15, 0.2) is 5.18 Å². The third-order valence-corrected chi connectivity index (χ3v) is 5.16. The van der Waals surface area contributed by atoms with Gasteiger partial charge in [0.25, 0.3) is 0 Å². The molecule has 23 heavy (non-hydrogen) atoms. The Bertz CT molecular complexity index is 426. The van der Waals surface area contributed by atoms with Gasteiger partial charge in [-0.15, -0.1) is 0 Å². The van der Waals surface area contributed by atoms with Crippen molar-refractivity contribution in [2.45, 2.75) is 58.6 Å². The standard InChI is InChI=1S/C16H30N4O3/c1-4-10(5-2)15(20-9(3)21)14-11(7-13(17)18)6-12(8-19-23)16(14)22/h10-12,14-16,22H,4-8H2,1-3H3,(H3,17,18)(H,20,21). The largest absolute Gasteiger partial charge is 0.392 e. The Morgan fingerprint density at radius 1 is 1.39 bits per heavy atom. The number of rotatable bonds is 9. The second-order valence-corrected chi connectivity index (χ2v) is 6.67. The second-order valence-electron chi connectivity index (χ2n) is 6.67. The highest BCUT2D eigenvalue weighted by molar-refractivity contribution is 5.77. The van der Waals surface area contributed by atoms with E-state index in [2.05, 4.69) is 24.3 Å². The van der Waals surface area contributed by atoms with Crippen LogP contribution in [0, 0.1) is 34.0 Å². The van der Waals surface area contributed by atoms with Crippen molar-refractivity contribution in [2.24, 2.45) is 34.6 Å². The summed E-state index contributed by atoms with van der Waals surface area (Å²) in [5.74, 6) is -0.291. The molecule has 0 aromatic heterocycles. The number of aliphatic hydroxyl groups excluding tert-OH is 1. The van der Waals surface area contributed by atoms with Gasteiger partial charge in [-0.3, -0.25) is 10.2 Å². The summed E-state index contributed by atoms with van der Waals surface area (Å²) in [6.45, 7) is 5.66. The smallest absolute Gasteiger partial charge is 0.217 e. The summed E-state index contributed by atoms with van der Waals surface area (Å²) in [5, 5.41) is 24.3. The van der Waals surface area contributed by atoms with Crippen LogP contribution < -0.4 is 11.1 Å². The molecule has 0 heterocycles. The van der Waals surface area contributed by atoms with E-state index in [1.807, 2.05) is 0 Å². The molecule has 5 atom stereocenters. The Kier molecular flexibility index (Phi) is 7.61. The van der Waals surface area contributed by atoms with E-state index in [1.165, 1.54) is 6.92 Å². The highest BCUT2D eigenvalue weighted by Crippen LogP contribution is 2.43. The fourth-order valence-electron chi connectivity index (χ4n) is 4.12. The third-order valence-electron chi connectivity index (χ3n) is 5.16. The van der Waals surface area contributed by atoms with Crippen LogP contribution in [0.3, 0.4) is 0 Å². The van der Waals surface area contributed by atoms with Crippen molar-refractivity contribution in [3.63, 3.8) is 0 Å². The molecule has 1 fully saturated rings. The quantitative estimate of drug-likeness (QED) is 0.291. The number of carbonyl (C=O) groups excluding carboxylic acids is 1. The zero-order valence-corrected chi connectivity index (χ0v) is 14.3. The van der Waals surface area contributed by atoms with Crippen molar-refractivity contribution in [2.75, 3.05) is 6.54 Å². The molecule has 1 amide bonds. The molecular weight excluding hydrogens is 296 g/mol. The first kappa shape index (κ1) is 19.5. The number of aliphatic hydroxyl groups is 1. The third kappa shape index (κ3) is 4.99. The molecule has 1 saturated carbocycles. The van der Waals surface area contributed by atoms with E-state index in [4.69, 9.17) is 11.1 Å². The summed E-state index contributed by atoms with van der Waals surface area (Å²) in [4.78, 5) is 22.3. The average Bonchev–Trinajstić information content (AvgIpc) is 2.74. The van der Waals surface area contributed by atoms with E-state index >= 15 is 0 Å². The molecule has 1 rings (SSSR count).